The maximum absolute atomic E-state index is 11.9. The Morgan fingerprint density at radius 2 is 2.33 bits per heavy atom. The van der Waals surface area contributed by atoms with Crippen LogP contribution in [0.2, 0.25) is 4.34 Å². The van der Waals surface area contributed by atoms with Crippen molar-refractivity contribution in [2.75, 3.05) is 6.54 Å². The van der Waals surface area contributed by atoms with E-state index in [-0.39, 0.29) is 10.1 Å². The molecule has 1 heterocycles. The number of hydrogen-bond acceptors (Lipinski definition) is 5. The zero-order chi connectivity index (χ0) is 13.6. The Morgan fingerprint density at radius 1 is 1.61 bits per heavy atom. The topological polar surface area (TPSA) is 78.8 Å². The van der Waals surface area contributed by atoms with Crippen molar-refractivity contribution >= 4 is 39.2 Å². The van der Waals surface area contributed by atoms with Crippen LogP contribution in [0.3, 0.4) is 0 Å². The third-order valence-corrected chi connectivity index (χ3v) is 5.45. The molecule has 0 saturated heterocycles. The van der Waals surface area contributed by atoms with Crippen molar-refractivity contribution < 1.29 is 13.6 Å². The van der Waals surface area contributed by atoms with Crippen LogP contribution in [0, 0.1) is 5.92 Å². The van der Waals surface area contributed by atoms with Gasteiger partial charge in [-0.25, -0.2) is 13.1 Å². The molecule has 0 fully saturated rings. The molecule has 18 heavy (non-hydrogen) atoms. The van der Waals surface area contributed by atoms with Gasteiger partial charge in [-0.2, -0.15) is 0 Å². The first-order valence-electron chi connectivity index (χ1n) is 5.36. The molecule has 0 aliphatic rings. The zero-order valence-electron chi connectivity index (χ0n) is 9.84. The van der Waals surface area contributed by atoms with Crippen molar-refractivity contribution in [2.45, 2.75) is 24.0 Å². The van der Waals surface area contributed by atoms with Crippen molar-refractivity contribution in [2.24, 2.45) is 11.1 Å². The van der Waals surface area contributed by atoms with Gasteiger partial charge in [0.2, 0.25) is 10.0 Å². The van der Waals surface area contributed by atoms with Crippen LogP contribution in [-0.4, -0.2) is 26.4 Å². The molecule has 1 aromatic rings. The summed E-state index contributed by atoms with van der Waals surface area (Å²) in [6.07, 6.45) is 2.76. The molecule has 0 aromatic carbocycles. The van der Waals surface area contributed by atoms with Gasteiger partial charge in [0.25, 0.3) is 0 Å². The first kappa shape index (κ1) is 15.4. The summed E-state index contributed by atoms with van der Waals surface area (Å²) in [6.45, 7) is 2.27. The number of sulfonamides is 1. The summed E-state index contributed by atoms with van der Waals surface area (Å²) in [5, 5.41) is 11.1. The average Bonchev–Trinajstić information content (AvgIpc) is 2.75. The van der Waals surface area contributed by atoms with Crippen LogP contribution >= 0.6 is 22.9 Å². The Hall–Kier alpha value is -0.630. The number of thiophene rings is 1. The molecule has 2 N–H and O–H groups in total. The number of oxime groups is 1. The summed E-state index contributed by atoms with van der Waals surface area (Å²) in [6, 6.07) is 3.04. The van der Waals surface area contributed by atoms with Crippen LogP contribution in [0.5, 0.6) is 0 Å². The molecular formula is C10H15ClN2O3S2. The zero-order valence-corrected chi connectivity index (χ0v) is 12.2. The Kier molecular flexibility index (Phi) is 6.07. The van der Waals surface area contributed by atoms with Gasteiger partial charge in [-0.15, -0.1) is 16.5 Å². The molecule has 1 aromatic heterocycles. The summed E-state index contributed by atoms with van der Waals surface area (Å²) in [5.74, 6) is 0.160. The van der Waals surface area contributed by atoms with E-state index in [1.54, 1.807) is 6.07 Å². The average molecular weight is 311 g/mol. The summed E-state index contributed by atoms with van der Waals surface area (Å²) < 4.78 is 26.9. The van der Waals surface area contributed by atoms with Crippen LogP contribution in [0.1, 0.15) is 19.8 Å². The van der Waals surface area contributed by atoms with Gasteiger partial charge in [0.05, 0.1) is 4.34 Å². The summed E-state index contributed by atoms with van der Waals surface area (Å²) in [4.78, 5) is 0. The van der Waals surface area contributed by atoms with Gasteiger partial charge in [0.1, 0.15) is 4.21 Å². The molecule has 8 heteroatoms. The second kappa shape index (κ2) is 7.08. The first-order valence-corrected chi connectivity index (χ1v) is 8.04. The number of hydrogen-bond donors (Lipinski definition) is 2. The predicted molar refractivity (Wildman–Crippen MR) is 73.2 cm³/mol. The lowest BCUT2D eigenvalue weighted by Crippen LogP contribution is -2.27. The Labute approximate surface area is 116 Å². The SMILES string of the molecule is CC(CCC=NO)CNS(=O)(=O)c1ccc(Cl)s1. The number of halogens is 1. The van der Waals surface area contributed by atoms with Crippen LogP contribution in [0.25, 0.3) is 0 Å². The predicted octanol–water partition coefficient (Wildman–Crippen LogP) is 2.56. The van der Waals surface area contributed by atoms with Crippen molar-refractivity contribution in [3.63, 3.8) is 0 Å². The van der Waals surface area contributed by atoms with E-state index in [0.717, 1.165) is 17.8 Å². The van der Waals surface area contributed by atoms with E-state index < -0.39 is 10.0 Å². The van der Waals surface area contributed by atoms with Crippen LogP contribution in [0.4, 0.5) is 0 Å². The summed E-state index contributed by atoms with van der Waals surface area (Å²) in [5.41, 5.74) is 0. The highest BCUT2D eigenvalue weighted by molar-refractivity contribution is 7.91. The Balaban J connectivity index is 2.47. The third kappa shape index (κ3) is 4.93. The largest absolute Gasteiger partial charge is 0.411 e. The third-order valence-electron chi connectivity index (χ3n) is 2.31. The minimum atomic E-state index is -3.46. The molecule has 0 radical (unpaired) electrons. The van der Waals surface area contributed by atoms with Crippen LogP contribution < -0.4 is 4.72 Å². The van der Waals surface area contributed by atoms with Crippen LogP contribution in [0.15, 0.2) is 21.5 Å². The Morgan fingerprint density at radius 3 is 2.89 bits per heavy atom. The molecule has 102 valence electrons. The Bertz CT molecular complexity index is 499. The highest BCUT2D eigenvalue weighted by atomic mass is 35.5. The van der Waals surface area contributed by atoms with E-state index in [2.05, 4.69) is 9.88 Å². The lowest BCUT2D eigenvalue weighted by molar-refractivity contribution is 0.320. The highest BCUT2D eigenvalue weighted by Crippen LogP contribution is 2.25. The van der Waals surface area contributed by atoms with E-state index in [9.17, 15) is 8.42 Å². The van der Waals surface area contributed by atoms with Gasteiger partial charge in [0.15, 0.2) is 0 Å². The molecule has 0 aliphatic heterocycles. The smallest absolute Gasteiger partial charge is 0.250 e. The maximum Gasteiger partial charge on any atom is 0.250 e. The van der Waals surface area contributed by atoms with Crippen molar-refractivity contribution in [3.05, 3.63) is 16.5 Å². The molecule has 1 atom stereocenters. The second-order valence-electron chi connectivity index (χ2n) is 3.89. The molecule has 0 bridgehead atoms. The van der Waals surface area contributed by atoms with Gasteiger partial charge in [-0.1, -0.05) is 18.5 Å². The van der Waals surface area contributed by atoms with E-state index in [4.69, 9.17) is 16.8 Å². The van der Waals surface area contributed by atoms with Crippen molar-refractivity contribution in [1.82, 2.24) is 4.72 Å². The lowest BCUT2D eigenvalue weighted by atomic mass is 10.1. The minimum absolute atomic E-state index is 0.160. The van der Waals surface area contributed by atoms with Crippen molar-refractivity contribution in [3.8, 4) is 0 Å². The van der Waals surface area contributed by atoms with Gasteiger partial charge >= 0.3 is 0 Å². The van der Waals surface area contributed by atoms with Gasteiger partial charge in [-0.3, -0.25) is 0 Å². The van der Waals surface area contributed by atoms with E-state index >= 15 is 0 Å². The first-order chi connectivity index (χ1) is 8.45. The second-order valence-corrected chi connectivity index (χ2v) is 7.60. The fourth-order valence-corrected chi connectivity index (χ4v) is 3.98. The molecule has 0 aliphatic carbocycles. The van der Waals surface area contributed by atoms with E-state index in [1.165, 1.54) is 12.3 Å². The highest BCUT2D eigenvalue weighted by Gasteiger charge is 2.17. The molecule has 0 amide bonds. The monoisotopic (exact) mass is 310 g/mol. The van der Waals surface area contributed by atoms with Gasteiger partial charge in [-0.05, 0) is 30.9 Å². The van der Waals surface area contributed by atoms with Gasteiger partial charge in [0, 0.05) is 12.8 Å². The minimum Gasteiger partial charge on any atom is -0.411 e. The number of nitrogens with zero attached hydrogens (tertiary/aromatic N) is 1. The van der Waals surface area contributed by atoms with E-state index in [0.29, 0.717) is 17.3 Å². The molecule has 1 rings (SSSR count). The normalized spacial score (nSPS) is 14.1. The van der Waals surface area contributed by atoms with Gasteiger partial charge < -0.3 is 5.21 Å². The van der Waals surface area contributed by atoms with Crippen molar-refractivity contribution in [1.29, 1.82) is 0 Å². The standard InChI is InChI=1S/C10H15ClN2O3S2/c1-8(3-2-6-12-14)7-13-18(15,16)10-5-4-9(11)17-10/h4-6,8,13-14H,2-3,7H2,1H3. The summed E-state index contributed by atoms with van der Waals surface area (Å²) >= 11 is 6.73. The fourth-order valence-electron chi connectivity index (χ4n) is 1.28. The summed E-state index contributed by atoms with van der Waals surface area (Å²) in [7, 11) is -3.46. The number of rotatable bonds is 7. The fraction of sp³-hybridized carbons (Fsp3) is 0.500. The maximum atomic E-state index is 11.9. The molecule has 5 nitrogen and oxygen atoms in total. The number of nitrogens with one attached hydrogen (secondary N) is 1. The molecular weight excluding hydrogens is 296 g/mol. The molecule has 0 saturated carbocycles. The lowest BCUT2D eigenvalue weighted by Gasteiger charge is -2.10. The van der Waals surface area contributed by atoms with Crippen LogP contribution in [-0.2, 0) is 10.0 Å². The molecule has 1 unspecified atom stereocenters. The quantitative estimate of drug-likeness (QED) is 0.461. The molecule has 0 spiro atoms. The van der Waals surface area contributed by atoms with E-state index in [1.807, 2.05) is 6.92 Å².